The monoisotopic (exact) mass is 315 g/mol. The van der Waals surface area contributed by atoms with Gasteiger partial charge in [-0.2, -0.15) is 0 Å². The van der Waals surface area contributed by atoms with Gasteiger partial charge in [0.05, 0.1) is 10.4 Å². The van der Waals surface area contributed by atoms with Crippen molar-refractivity contribution in [1.29, 1.82) is 0 Å². The minimum absolute atomic E-state index is 0.145. The van der Waals surface area contributed by atoms with E-state index in [2.05, 4.69) is 21.2 Å². The smallest absolute Gasteiger partial charge is 0.234 e. The maximum atomic E-state index is 12.4. The highest BCUT2D eigenvalue weighted by molar-refractivity contribution is 9.11. The van der Waals surface area contributed by atoms with Gasteiger partial charge in [-0.1, -0.05) is 0 Å². The molecule has 2 fully saturated rings. The van der Waals surface area contributed by atoms with Gasteiger partial charge in [-0.25, -0.2) is 0 Å². The molecule has 1 aliphatic carbocycles. The molecule has 1 unspecified atom stereocenters. The predicted octanol–water partition coefficient (Wildman–Crippen LogP) is 2.45. The van der Waals surface area contributed by atoms with Crippen molar-refractivity contribution in [3.05, 3.63) is 20.8 Å². The van der Waals surface area contributed by atoms with Crippen LogP contribution in [0.15, 0.2) is 15.9 Å². The molecule has 3 nitrogen and oxygen atoms in total. The Balaban J connectivity index is 1.88. The van der Waals surface area contributed by atoms with Crippen molar-refractivity contribution >= 4 is 33.2 Å². The average Bonchev–Trinajstić information content (AvgIpc) is 2.82. The van der Waals surface area contributed by atoms with Crippen LogP contribution in [0.5, 0.6) is 0 Å². The van der Waals surface area contributed by atoms with E-state index in [1.165, 1.54) is 0 Å². The molecule has 17 heavy (non-hydrogen) atoms. The molecule has 0 radical (unpaired) electrons. The number of thiophene rings is 1. The highest BCUT2D eigenvalue weighted by Crippen LogP contribution is 2.39. The van der Waals surface area contributed by atoms with E-state index in [0.717, 1.165) is 27.9 Å². The van der Waals surface area contributed by atoms with Crippen molar-refractivity contribution in [3.8, 4) is 0 Å². The van der Waals surface area contributed by atoms with Gasteiger partial charge >= 0.3 is 0 Å². The van der Waals surface area contributed by atoms with E-state index in [9.17, 15) is 4.79 Å². The molecule has 0 aromatic carbocycles. The molecule has 1 N–H and O–H groups in total. The number of amides is 1. The molecule has 1 saturated heterocycles. The van der Waals surface area contributed by atoms with Gasteiger partial charge < -0.3 is 10.1 Å². The van der Waals surface area contributed by atoms with Crippen LogP contribution in [0.4, 0.5) is 0 Å². The Morgan fingerprint density at radius 2 is 2.35 bits per heavy atom. The SMILES string of the molecule is O=C(NC1CC1)C1(c2ccc(Br)s2)CCOC1. The summed E-state index contributed by atoms with van der Waals surface area (Å²) in [5.41, 5.74) is -0.445. The Bertz CT molecular complexity index is 435. The summed E-state index contributed by atoms with van der Waals surface area (Å²) in [6.07, 6.45) is 3.03. The normalized spacial score (nSPS) is 28.3. The first-order valence-corrected chi connectivity index (χ1v) is 7.46. The Labute approximate surface area is 113 Å². The number of carbonyl (C=O) groups is 1. The second kappa shape index (κ2) is 4.37. The van der Waals surface area contributed by atoms with Crippen LogP contribution in [0.2, 0.25) is 0 Å². The molecule has 2 aliphatic rings. The Morgan fingerprint density at radius 3 is 2.88 bits per heavy atom. The third-order valence-electron chi connectivity index (χ3n) is 3.41. The standard InChI is InChI=1S/C12H14BrNO2S/c13-10-4-3-9(17-10)12(5-6-16-7-12)11(15)14-8-1-2-8/h3-4,8H,1-2,5-7H2,(H,14,15). The molecule has 3 rings (SSSR count). The first kappa shape index (κ1) is 11.7. The highest BCUT2D eigenvalue weighted by atomic mass is 79.9. The fourth-order valence-corrected chi connectivity index (χ4v) is 3.76. The second-order valence-electron chi connectivity index (χ2n) is 4.74. The number of hydrogen-bond acceptors (Lipinski definition) is 3. The first-order chi connectivity index (χ1) is 8.21. The number of carbonyl (C=O) groups excluding carboxylic acids is 1. The average molecular weight is 316 g/mol. The van der Waals surface area contributed by atoms with Crippen molar-refractivity contribution in [2.45, 2.75) is 30.7 Å². The van der Waals surface area contributed by atoms with Crippen molar-refractivity contribution in [2.75, 3.05) is 13.2 Å². The van der Waals surface area contributed by atoms with Gasteiger partial charge in [-0.3, -0.25) is 4.79 Å². The molecular weight excluding hydrogens is 302 g/mol. The number of hydrogen-bond donors (Lipinski definition) is 1. The molecular formula is C12H14BrNO2S. The second-order valence-corrected chi connectivity index (χ2v) is 7.20. The van der Waals surface area contributed by atoms with Crippen LogP contribution in [0.1, 0.15) is 24.1 Å². The van der Waals surface area contributed by atoms with Crippen molar-refractivity contribution in [3.63, 3.8) is 0 Å². The summed E-state index contributed by atoms with van der Waals surface area (Å²) in [5.74, 6) is 0.145. The van der Waals surface area contributed by atoms with Gasteiger partial charge in [-0.05, 0) is 47.3 Å². The summed E-state index contributed by atoms with van der Waals surface area (Å²) in [6.45, 7) is 1.19. The van der Waals surface area contributed by atoms with Crippen LogP contribution < -0.4 is 5.32 Å². The van der Waals surface area contributed by atoms with Crippen LogP contribution in [0.25, 0.3) is 0 Å². The summed E-state index contributed by atoms with van der Waals surface area (Å²) in [5, 5.41) is 3.12. The summed E-state index contributed by atoms with van der Waals surface area (Å²) in [6, 6.07) is 4.45. The highest BCUT2D eigenvalue weighted by Gasteiger charge is 2.46. The minimum Gasteiger partial charge on any atom is -0.380 e. The van der Waals surface area contributed by atoms with Crippen LogP contribution in [-0.2, 0) is 14.9 Å². The topological polar surface area (TPSA) is 38.3 Å². The molecule has 5 heteroatoms. The summed E-state index contributed by atoms with van der Waals surface area (Å²) in [4.78, 5) is 13.5. The summed E-state index contributed by atoms with van der Waals surface area (Å²) in [7, 11) is 0. The van der Waals surface area contributed by atoms with Crippen molar-refractivity contribution in [2.24, 2.45) is 0 Å². The number of rotatable bonds is 3. The fraction of sp³-hybridized carbons (Fsp3) is 0.583. The molecule has 1 saturated carbocycles. The summed E-state index contributed by atoms with van der Waals surface area (Å²) < 4.78 is 6.55. The number of halogens is 1. The zero-order valence-corrected chi connectivity index (χ0v) is 11.8. The first-order valence-electron chi connectivity index (χ1n) is 5.85. The van der Waals surface area contributed by atoms with Crippen LogP contribution in [0.3, 0.4) is 0 Å². The van der Waals surface area contributed by atoms with Crippen LogP contribution in [0, 0.1) is 0 Å². The molecule has 1 aliphatic heterocycles. The molecule has 2 heterocycles. The fourth-order valence-electron chi connectivity index (χ4n) is 2.17. The molecule has 1 aromatic rings. The van der Waals surface area contributed by atoms with Gasteiger partial charge in [-0.15, -0.1) is 11.3 Å². The van der Waals surface area contributed by atoms with Gasteiger partial charge in [0, 0.05) is 17.5 Å². The van der Waals surface area contributed by atoms with Crippen molar-refractivity contribution in [1.82, 2.24) is 5.32 Å². The zero-order valence-electron chi connectivity index (χ0n) is 9.37. The van der Waals surface area contributed by atoms with Gasteiger partial charge in [0.25, 0.3) is 0 Å². The molecule has 1 amide bonds. The largest absolute Gasteiger partial charge is 0.380 e. The minimum atomic E-state index is -0.445. The third kappa shape index (κ3) is 2.16. The maximum Gasteiger partial charge on any atom is 0.234 e. The lowest BCUT2D eigenvalue weighted by Crippen LogP contribution is -2.45. The van der Waals surface area contributed by atoms with E-state index in [4.69, 9.17) is 4.74 Å². The maximum absolute atomic E-state index is 12.4. The van der Waals surface area contributed by atoms with E-state index in [1.807, 2.05) is 12.1 Å². The summed E-state index contributed by atoms with van der Waals surface area (Å²) >= 11 is 5.10. The molecule has 92 valence electrons. The molecule has 1 aromatic heterocycles. The number of ether oxygens (including phenoxy) is 1. The van der Waals surface area contributed by atoms with E-state index >= 15 is 0 Å². The van der Waals surface area contributed by atoms with Crippen LogP contribution >= 0.6 is 27.3 Å². The van der Waals surface area contributed by atoms with Crippen molar-refractivity contribution < 1.29 is 9.53 Å². The van der Waals surface area contributed by atoms with Gasteiger partial charge in [0.15, 0.2) is 0 Å². The molecule has 1 atom stereocenters. The lowest BCUT2D eigenvalue weighted by molar-refractivity contribution is -0.126. The molecule has 0 spiro atoms. The van der Waals surface area contributed by atoms with Gasteiger partial charge in [0.1, 0.15) is 5.41 Å². The zero-order chi connectivity index (χ0) is 11.9. The third-order valence-corrected chi connectivity index (χ3v) is 5.24. The Hall–Kier alpha value is -0.390. The lowest BCUT2D eigenvalue weighted by Gasteiger charge is -2.24. The lowest BCUT2D eigenvalue weighted by atomic mass is 9.84. The molecule has 0 bridgehead atoms. The predicted molar refractivity (Wildman–Crippen MR) is 70.3 cm³/mol. The number of nitrogens with one attached hydrogen (secondary N) is 1. The van der Waals surface area contributed by atoms with E-state index in [1.54, 1.807) is 11.3 Å². The Morgan fingerprint density at radius 1 is 1.53 bits per heavy atom. The quantitative estimate of drug-likeness (QED) is 0.930. The van der Waals surface area contributed by atoms with Crippen LogP contribution in [-0.4, -0.2) is 25.2 Å². The van der Waals surface area contributed by atoms with E-state index < -0.39 is 5.41 Å². The van der Waals surface area contributed by atoms with E-state index in [0.29, 0.717) is 19.3 Å². The van der Waals surface area contributed by atoms with E-state index in [-0.39, 0.29) is 5.91 Å². The van der Waals surface area contributed by atoms with Gasteiger partial charge in [0.2, 0.25) is 5.91 Å². The Kier molecular flexibility index (Phi) is 3.00.